The molecule has 0 fully saturated rings. The van der Waals surface area contributed by atoms with Crippen molar-refractivity contribution in [3.8, 4) is 0 Å². The second-order valence-corrected chi connectivity index (χ2v) is 4.92. The van der Waals surface area contributed by atoms with Crippen molar-refractivity contribution in [3.05, 3.63) is 28.8 Å². The summed E-state index contributed by atoms with van der Waals surface area (Å²) in [5.74, 6) is -0.327. The lowest BCUT2D eigenvalue weighted by Gasteiger charge is -2.31. The smallest absolute Gasteiger partial charge is 0.328 e. The van der Waals surface area contributed by atoms with Gasteiger partial charge in [0.15, 0.2) is 5.29 Å². The van der Waals surface area contributed by atoms with Gasteiger partial charge < -0.3 is 9.64 Å². The van der Waals surface area contributed by atoms with E-state index in [1.165, 1.54) is 0 Å². The summed E-state index contributed by atoms with van der Waals surface area (Å²) in [5, 5.41) is 0.891. The highest BCUT2D eigenvalue weighted by Crippen LogP contribution is 2.33. The van der Waals surface area contributed by atoms with Gasteiger partial charge in [0, 0.05) is 17.1 Å². The van der Waals surface area contributed by atoms with E-state index in [0.717, 1.165) is 11.3 Å². The highest BCUT2D eigenvalue weighted by molar-refractivity contribution is 6.65. The Morgan fingerprint density at radius 1 is 1.53 bits per heavy atom. The van der Waals surface area contributed by atoms with Crippen LogP contribution in [0, 0.1) is 0 Å². The Morgan fingerprint density at radius 2 is 2.26 bits per heavy atom. The second kappa shape index (κ2) is 5.80. The van der Waals surface area contributed by atoms with Crippen LogP contribution in [0.4, 0.5) is 5.69 Å². The van der Waals surface area contributed by atoms with Crippen molar-refractivity contribution in [2.45, 2.75) is 26.4 Å². The minimum absolute atomic E-state index is 0.273. The van der Waals surface area contributed by atoms with Gasteiger partial charge in [-0.25, -0.2) is 9.79 Å². The van der Waals surface area contributed by atoms with E-state index < -0.39 is 6.04 Å². The van der Waals surface area contributed by atoms with Crippen LogP contribution in [0.1, 0.15) is 19.4 Å². The minimum Gasteiger partial charge on any atom is -0.464 e. The quantitative estimate of drug-likeness (QED) is 0.635. The van der Waals surface area contributed by atoms with Crippen molar-refractivity contribution in [1.82, 2.24) is 4.90 Å². The maximum Gasteiger partial charge on any atom is 0.328 e. The fraction of sp³-hybridized carbons (Fsp3) is 0.385. The predicted octanol–water partition coefficient (Wildman–Crippen LogP) is 3.33. The van der Waals surface area contributed by atoms with E-state index in [1.807, 2.05) is 12.1 Å². The van der Waals surface area contributed by atoms with Gasteiger partial charge in [-0.2, -0.15) is 0 Å². The number of hydrogen-bond donors (Lipinski definition) is 0. The van der Waals surface area contributed by atoms with Gasteiger partial charge in [-0.05, 0) is 37.6 Å². The van der Waals surface area contributed by atoms with Gasteiger partial charge >= 0.3 is 5.97 Å². The number of fused-ring (bicyclic) bond motifs is 1. The molecule has 2 rings (SSSR count). The molecule has 0 N–H and O–H groups in total. The number of rotatable bonds is 3. The standard InChI is InChI=1S/C13H14Cl2N2O2/c1-3-19-12(18)8(2)17-7-9-10(14)5-4-6-11(9)16-13(17)15/h4-6,8H,3,7H2,1-2H3. The monoisotopic (exact) mass is 300 g/mol. The fourth-order valence-corrected chi connectivity index (χ4v) is 2.42. The third kappa shape index (κ3) is 2.85. The normalized spacial score (nSPS) is 15.6. The van der Waals surface area contributed by atoms with E-state index in [0.29, 0.717) is 18.2 Å². The Hall–Kier alpha value is -1.26. The maximum atomic E-state index is 11.8. The highest BCUT2D eigenvalue weighted by atomic mass is 35.5. The number of amidine groups is 1. The predicted molar refractivity (Wildman–Crippen MR) is 76.0 cm³/mol. The van der Waals surface area contributed by atoms with Gasteiger partial charge in [0.05, 0.1) is 12.3 Å². The lowest BCUT2D eigenvalue weighted by atomic mass is 10.1. The molecule has 0 aliphatic carbocycles. The number of benzene rings is 1. The Bertz CT molecular complexity index is 531. The molecule has 4 nitrogen and oxygen atoms in total. The Morgan fingerprint density at radius 3 is 2.95 bits per heavy atom. The van der Waals surface area contributed by atoms with Crippen LogP contribution >= 0.6 is 23.2 Å². The van der Waals surface area contributed by atoms with Crippen LogP contribution in [0.2, 0.25) is 5.02 Å². The topological polar surface area (TPSA) is 41.9 Å². The summed E-state index contributed by atoms with van der Waals surface area (Å²) in [7, 11) is 0. The van der Waals surface area contributed by atoms with Gasteiger partial charge in [-0.1, -0.05) is 17.7 Å². The number of ether oxygens (including phenoxy) is 1. The molecule has 6 heteroatoms. The first kappa shape index (κ1) is 14.2. The molecule has 0 aromatic heterocycles. The SMILES string of the molecule is CCOC(=O)C(C)N1Cc2c(Cl)cccc2N=C1Cl. The summed E-state index contributed by atoms with van der Waals surface area (Å²) in [6.45, 7) is 4.28. The van der Waals surface area contributed by atoms with Crippen LogP contribution in [0.3, 0.4) is 0 Å². The zero-order valence-corrected chi connectivity index (χ0v) is 12.2. The summed E-state index contributed by atoms with van der Waals surface area (Å²) in [6, 6.07) is 4.96. The first-order chi connectivity index (χ1) is 9.04. The van der Waals surface area contributed by atoms with Crippen molar-refractivity contribution in [2.24, 2.45) is 4.99 Å². The third-order valence-corrected chi connectivity index (χ3v) is 3.62. The van der Waals surface area contributed by atoms with E-state index >= 15 is 0 Å². The molecule has 1 aliphatic rings. The van der Waals surface area contributed by atoms with Crippen LogP contribution in [0.25, 0.3) is 0 Å². The van der Waals surface area contributed by atoms with Gasteiger partial charge in [0.1, 0.15) is 6.04 Å². The average molecular weight is 301 g/mol. The van der Waals surface area contributed by atoms with Crippen LogP contribution in [-0.2, 0) is 16.1 Å². The Kier molecular flexibility index (Phi) is 4.32. The number of nitrogens with zero attached hydrogens (tertiary/aromatic N) is 2. The molecular formula is C13H14Cl2N2O2. The molecule has 1 unspecified atom stereocenters. The molecule has 0 saturated carbocycles. The molecule has 1 aromatic rings. The summed E-state index contributed by atoms with van der Waals surface area (Å²) in [4.78, 5) is 17.7. The molecule has 0 radical (unpaired) electrons. The summed E-state index contributed by atoms with van der Waals surface area (Å²) in [6.07, 6.45) is 0. The zero-order valence-electron chi connectivity index (χ0n) is 10.7. The number of esters is 1. The largest absolute Gasteiger partial charge is 0.464 e. The van der Waals surface area contributed by atoms with Crippen molar-refractivity contribution in [3.63, 3.8) is 0 Å². The highest BCUT2D eigenvalue weighted by Gasteiger charge is 2.29. The average Bonchev–Trinajstić information content (AvgIpc) is 2.38. The van der Waals surface area contributed by atoms with E-state index in [4.69, 9.17) is 27.9 Å². The minimum atomic E-state index is -0.499. The fourth-order valence-electron chi connectivity index (χ4n) is 1.89. The number of hydrogen-bond acceptors (Lipinski definition) is 4. The summed E-state index contributed by atoms with van der Waals surface area (Å²) in [5.41, 5.74) is 1.61. The molecule has 1 aromatic carbocycles. The number of halogens is 2. The molecule has 1 heterocycles. The molecule has 1 atom stereocenters. The molecule has 0 spiro atoms. The maximum absolute atomic E-state index is 11.8. The third-order valence-electron chi connectivity index (χ3n) is 2.97. The Balaban J connectivity index is 2.28. The number of carbonyl (C=O) groups is 1. The molecular weight excluding hydrogens is 287 g/mol. The van der Waals surface area contributed by atoms with Gasteiger partial charge in [0.2, 0.25) is 0 Å². The zero-order chi connectivity index (χ0) is 14.0. The van der Waals surface area contributed by atoms with E-state index in [1.54, 1.807) is 24.8 Å². The molecule has 0 amide bonds. The summed E-state index contributed by atoms with van der Waals surface area (Å²) >= 11 is 12.3. The first-order valence-electron chi connectivity index (χ1n) is 5.99. The molecule has 19 heavy (non-hydrogen) atoms. The summed E-state index contributed by atoms with van der Waals surface area (Å²) < 4.78 is 5.00. The molecule has 1 aliphatic heterocycles. The van der Waals surface area contributed by atoms with Crippen LogP contribution in [0.5, 0.6) is 0 Å². The van der Waals surface area contributed by atoms with Gasteiger partial charge in [0.25, 0.3) is 0 Å². The van der Waals surface area contributed by atoms with Gasteiger partial charge in [-0.15, -0.1) is 0 Å². The van der Waals surface area contributed by atoms with Crippen molar-refractivity contribution >= 4 is 40.2 Å². The lowest BCUT2D eigenvalue weighted by molar-refractivity contribution is -0.147. The van der Waals surface area contributed by atoms with E-state index in [9.17, 15) is 4.79 Å². The van der Waals surface area contributed by atoms with E-state index in [2.05, 4.69) is 4.99 Å². The molecule has 0 saturated heterocycles. The molecule has 102 valence electrons. The molecule has 0 bridgehead atoms. The second-order valence-electron chi connectivity index (χ2n) is 4.17. The van der Waals surface area contributed by atoms with Gasteiger partial charge in [-0.3, -0.25) is 0 Å². The van der Waals surface area contributed by atoms with Crippen LogP contribution in [-0.4, -0.2) is 28.8 Å². The first-order valence-corrected chi connectivity index (χ1v) is 6.75. The van der Waals surface area contributed by atoms with Crippen molar-refractivity contribution < 1.29 is 9.53 Å². The van der Waals surface area contributed by atoms with Crippen LogP contribution < -0.4 is 0 Å². The Labute approximate surface area is 122 Å². The number of carbonyl (C=O) groups excluding carboxylic acids is 1. The van der Waals surface area contributed by atoms with Crippen LogP contribution in [0.15, 0.2) is 23.2 Å². The number of aliphatic imine (C=N–C) groups is 1. The van der Waals surface area contributed by atoms with Crippen molar-refractivity contribution in [1.29, 1.82) is 0 Å². The van der Waals surface area contributed by atoms with E-state index in [-0.39, 0.29) is 11.3 Å². The van der Waals surface area contributed by atoms with Crippen molar-refractivity contribution in [2.75, 3.05) is 6.61 Å². The lowest BCUT2D eigenvalue weighted by Crippen LogP contribution is -2.42.